The van der Waals surface area contributed by atoms with Crippen LogP contribution in [-0.4, -0.2) is 60.7 Å². The summed E-state index contributed by atoms with van der Waals surface area (Å²) in [7, 11) is 0. The van der Waals surface area contributed by atoms with Crippen LogP contribution in [0, 0.1) is 5.41 Å². The van der Waals surface area contributed by atoms with E-state index >= 15 is 0 Å². The fourth-order valence-corrected chi connectivity index (χ4v) is 9.23. The first-order valence-corrected chi connectivity index (χ1v) is 18.5. The topological polar surface area (TPSA) is 111 Å². The molecule has 2 aromatic heterocycles. The van der Waals surface area contributed by atoms with Crippen LogP contribution in [0.15, 0.2) is 96.3 Å². The van der Waals surface area contributed by atoms with Crippen molar-refractivity contribution in [3.63, 3.8) is 0 Å². The van der Waals surface area contributed by atoms with Crippen LogP contribution < -0.4 is 26.2 Å². The Kier molecular flexibility index (Phi) is 7.75. The minimum absolute atomic E-state index is 0.0983. The Bertz CT molecular complexity index is 2070. The van der Waals surface area contributed by atoms with Crippen molar-refractivity contribution in [1.29, 1.82) is 0 Å². The van der Waals surface area contributed by atoms with Gasteiger partial charge in [0.05, 0.1) is 45.6 Å². The highest BCUT2D eigenvalue weighted by Gasteiger charge is 2.43. The zero-order valence-electron chi connectivity index (χ0n) is 28.8. The van der Waals surface area contributed by atoms with Crippen molar-refractivity contribution < 1.29 is 14.3 Å². The molecule has 0 bridgehead atoms. The average Bonchev–Trinajstić information content (AvgIpc) is 3.69. The molecule has 1 atom stereocenters. The highest BCUT2D eigenvalue weighted by Crippen LogP contribution is 2.47. The van der Waals surface area contributed by atoms with Gasteiger partial charge in [0.2, 0.25) is 0 Å². The number of para-hydroxylation sites is 2. The van der Waals surface area contributed by atoms with E-state index in [2.05, 4.69) is 51.3 Å². The first-order valence-electron chi connectivity index (χ1n) is 17.7. The van der Waals surface area contributed by atoms with Crippen LogP contribution in [0.4, 0.5) is 22.7 Å². The average molecular weight is 700 g/mol. The molecule has 4 N–H and O–H groups in total. The Balaban J connectivity index is 0.906. The highest BCUT2D eigenvalue weighted by atomic mass is 32.1. The molecule has 4 aromatic rings. The first kappa shape index (κ1) is 32.0. The third-order valence-corrected chi connectivity index (χ3v) is 12.4. The third-order valence-electron chi connectivity index (χ3n) is 11.0. The summed E-state index contributed by atoms with van der Waals surface area (Å²) in [5.74, 6) is -0.246. The predicted molar refractivity (Wildman–Crippen MR) is 202 cm³/mol. The minimum Gasteiger partial charge on any atom is -0.380 e. The smallest absolute Gasteiger partial charge is 0.258 e. The van der Waals surface area contributed by atoms with Crippen molar-refractivity contribution in [3.8, 4) is 10.6 Å². The molecule has 0 radical (unpaired) electrons. The van der Waals surface area contributed by atoms with E-state index in [1.54, 1.807) is 29.7 Å². The summed E-state index contributed by atoms with van der Waals surface area (Å²) >= 11 is 1.71. The van der Waals surface area contributed by atoms with Crippen molar-refractivity contribution in [2.24, 2.45) is 5.41 Å². The first-order chi connectivity index (χ1) is 24.8. The summed E-state index contributed by atoms with van der Waals surface area (Å²) in [5.41, 5.74) is 7.73. The van der Waals surface area contributed by atoms with Gasteiger partial charge in [-0.05, 0) is 105 Å². The quantitative estimate of drug-likeness (QED) is 0.186. The molecule has 9 rings (SSSR count). The Hall–Kier alpha value is -4.97. The number of hydrogen-bond donors (Lipinski definition) is 4. The maximum absolute atomic E-state index is 14.1. The third kappa shape index (κ3) is 5.69. The summed E-state index contributed by atoms with van der Waals surface area (Å²) in [6.07, 6.45) is 8.42. The number of fused-ring (bicyclic) bond motifs is 4. The van der Waals surface area contributed by atoms with Crippen LogP contribution in [0.2, 0.25) is 0 Å². The van der Waals surface area contributed by atoms with Gasteiger partial charge in [0.15, 0.2) is 0 Å². The number of anilines is 4. The molecule has 2 amide bonds. The van der Waals surface area contributed by atoms with Gasteiger partial charge in [-0.2, -0.15) is 0 Å². The number of allylic oxidation sites excluding steroid dienone is 2. The molecule has 11 heteroatoms. The van der Waals surface area contributed by atoms with Crippen LogP contribution >= 0.6 is 11.3 Å². The number of thiophene rings is 1. The molecule has 0 aliphatic carbocycles. The largest absolute Gasteiger partial charge is 0.380 e. The van der Waals surface area contributed by atoms with Crippen molar-refractivity contribution in [2.45, 2.75) is 44.9 Å². The van der Waals surface area contributed by atoms with Crippen LogP contribution in [0.1, 0.15) is 47.5 Å². The number of hydrogen-bond acceptors (Lipinski definition) is 9. The van der Waals surface area contributed by atoms with Gasteiger partial charge in [-0.15, -0.1) is 11.3 Å². The lowest BCUT2D eigenvalue weighted by molar-refractivity contribution is -0.142. The number of carbonyl (C=O) groups is 2. The normalized spacial score (nSPS) is 21.3. The summed E-state index contributed by atoms with van der Waals surface area (Å²) in [6, 6.07) is 21.6. The van der Waals surface area contributed by atoms with Gasteiger partial charge < -0.3 is 30.9 Å². The summed E-state index contributed by atoms with van der Waals surface area (Å²) < 4.78 is 5.51. The minimum atomic E-state index is -0.439. The molecule has 2 saturated heterocycles. The van der Waals surface area contributed by atoms with Gasteiger partial charge in [-0.25, -0.2) is 0 Å². The Labute approximate surface area is 301 Å². The standard InChI is InChI=1S/C40H41N7O3S/c1-25-20-29(36(42-22-25)46-18-14-40(15-19-46)23-50-24-40)37(48)43-28-11-9-26(10-12-28)38(49)47-17-13-27-21-33(51-35(27)34-32(47)8-5-16-41-34)39(2)44-30-6-3-4-7-31(30)45-39/h3-12,16,20-22,36,42,44-45H,13-15,17-19,23-24H2,1-2H3,(H,43,48). The molecule has 7 heterocycles. The summed E-state index contributed by atoms with van der Waals surface area (Å²) in [4.78, 5) is 39.0. The Morgan fingerprint density at radius 1 is 0.980 bits per heavy atom. The molecule has 2 fully saturated rings. The van der Waals surface area contributed by atoms with E-state index in [-0.39, 0.29) is 18.0 Å². The number of rotatable bonds is 5. The van der Waals surface area contributed by atoms with Gasteiger partial charge in [0.1, 0.15) is 17.5 Å². The number of amides is 2. The van der Waals surface area contributed by atoms with E-state index in [0.29, 0.717) is 35.2 Å². The highest BCUT2D eigenvalue weighted by molar-refractivity contribution is 7.16. The van der Waals surface area contributed by atoms with Crippen LogP contribution in [0.25, 0.3) is 10.6 Å². The lowest BCUT2D eigenvalue weighted by Crippen LogP contribution is -2.57. The molecule has 0 saturated carbocycles. The van der Waals surface area contributed by atoms with Crippen LogP contribution in [-0.2, 0) is 21.6 Å². The number of dihydropyridines is 1. The van der Waals surface area contributed by atoms with E-state index in [1.807, 2.05) is 60.5 Å². The van der Waals surface area contributed by atoms with E-state index in [4.69, 9.17) is 9.72 Å². The fourth-order valence-electron chi connectivity index (χ4n) is 7.96. The van der Waals surface area contributed by atoms with Gasteiger partial charge in [0, 0.05) is 48.7 Å². The number of ether oxygens (including phenoxy) is 1. The molecule has 51 heavy (non-hydrogen) atoms. The molecule has 5 aliphatic rings. The molecule has 1 spiro atoms. The van der Waals surface area contributed by atoms with Gasteiger partial charge >= 0.3 is 0 Å². The lowest BCUT2D eigenvalue weighted by atomic mass is 9.76. The Morgan fingerprint density at radius 2 is 1.73 bits per heavy atom. The number of aromatic nitrogens is 1. The number of likely N-dealkylation sites (tertiary alicyclic amines) is 1. The van der Waals surface area contributed by atoms with Gasteiger partial charge in [0.25, 0.3) is 11.8 Å². The fraction of sp³-hybridized carbons (Fsp3) is 0.325. The Morgan fingerprint density at radius 3 is 2.43 bits per heavy atom. The molecule has 2 aromatic carbocycles. The van der Waals surface area contributed by atoms with Gasteiger partial charge in [-0.1, -0.05) is 12.1 Å². The monoisotopic (exact) mass is 699 g/mol. The zero-order chi connectivity index (χ0) is 34.7. The molecule has 260 valence electrons. The number of nitrogens with one attached hydrogen (secondary N) is 4. The maximum Gasteiger partial charge on any atom is 0.258 e. The second kappa shape index (κ2) is 12.4. The number of piperidine rings is 1. The SMILES string of the molecule is CC1=CNC(N2CCC3(CC2)COC3)C(C(=O)Nc2ccc(C(=O)N3CCc4cc(C5(C)Nc6ccccc6N5)sc4-c4ncccc43)cc2)=C1. The van der Waals surface area contributed by atoms with Gasteiger partial charge in [-0.3, -0.25) is 19.5 Å². The second-order valence-electron chi connectivity index (χ2n) is 14.6. The zero-order valence-corrected chi connectivity index (χ0v) is 29.6. The van der Waals surface area contributed by atoms with E-state index in [1.165, 1.54) is 10.4 Å². The van der Waals surface area contributed by atoms with Crippen LogP contribution in [0.5, 0.6) is 0 Å². The maximum atomic E-state index is 14.1. The van der Waals surface area contributed by atoms with Crippen LogP contribution in [0.3, 0.4) is 0 Å². The van der Waals surface area contributed by atoms with Crippen molar-refractivity contribution in [3.05, 3.63) is 112 Å². The molecular weight excluding hydrogens is 659 g/mol. The molecule has 10 nitrogen and oxygen atoms in total. The number of pyridine rings is 1. The molecule has 1 unspecified atom stereocenters. The van der Waals surface area contributed by atoms with E-state index < -0.39 is 5.66 Å². The lowest BCUT2D eigenvalue weighted by Gasteiger charge is -2.49. The van der Waals surface area contributed by atoms with Crippen molar-refractivity contribution in [1.82, 2.24) is 15.2 Å². The number of carbonyl (C=O) groups excluding carboxylic acids is 2. The van der Waals surface area contributed by atoms with Crippen molar-refractivity contribution in [2.75, 3.05) is 53.7 Å². The second-order valence-corrected chi connectivity index (χ2v) is 15.6. The predicted octanol–water partition coefficient (Wildman–Crippen LogP) is 6.53. The summed E-state index contributed by atoms with van der Waals surface area (Å²) in [5, 5.41) is 13.9. The molecule has 5 aliphatic heterocycles. The number of nitrogens with zero attached hydrogens (tertiary/aromatic N) is 3. The van der Waals surface area contributed by atoms with E-state index in [9.17, 15) is 9.59 Å². The summed E-state index contributed by atoms with van der Waals surface area (Å²) in [6.45, 7) is 8.21. The molecular formula is C40H41N7O3S. The van der Waals surface area contributed by atoms with E-state index in [0.717, 1.165) is 72.4 Å². The number of benzene rings is 2. The van der Waals surface area contributed by atoms with Crippen molar-refractivity contribution >= 4 is 45.9 Å².